The molecule has 0 saturated carbocycles. The van der Waals surface area contributed by atoms with Crippen LogP contribution in [0.25, 0.3) is 22.2 Å². The fourth-order valence-corrected chi connectivity index (χ4v) is 3.27. The predicted octanol–water partition coefficient (Wildman–Crippen LogP) is 5.78. The molecule has 160 valence electrons. The van der Waals surface area contributed by atoms with Gasteiger partial charge in [-0.2, -0.15) is 0 Å². The van der Waals surface area contributed by atoms with E-state index >= 15 is 0 Å². The third-order valence-electron chi connectivity index (χ3n) is 4.93. The number of pyridine rings is 1. The maximum atomic E-state index is 14.0. The number of rotatable bonds is 5. The van der Waals surface area contributed by atoms with E-state index in [2.05, 4.69) is 15.6 Å². The molecule has 0 spiro atoms. The average Bonchev–Trinajstić information content (AvgIpc) is 2.80. The van der Waals surface area contributed by atoms with Crippen molar-refractivity contribution in [2.75, 3.05) is 10.6 Å². The van der Waals surface area contributed by atoms with Gasteiger partial charge in [0.15, 0.2) is 0 Å². The Labute approximate surface area is 183 Å². The fourth-order valence-electron chi connectivity index (χ4n) is 3.27. The van der Waals surface area contributed by atoms with E-state index in [4.69, 9.17) is 0 Å². The molecule has 0 fully saturated rings. The van der Waals surface area contributed by atoms with Crippen LogP contribution in [-0.4, -0.2) is 16.8 Å². The molecule has 0 atom stereocenters. The van der Waals surface area contributed by atoms with E-state index in [0.29, 0.717) is 40.3 Å². The van der Waals surface area contributed by atoms with Crippen molar-refractivity contribution >= 4 is 34.1 Å². The second-order valence-electron chi connectivity index (χ2n) is 7.13. The van der Waals surface area contributed by atoms with Gasteiger partial charge < -0.3 is 10.6 Å². The second-order valence-corrected chi connectivity index (χ2v) is 7.13. The maximum absolute atomic E-state index is 14.0. The van der Waals surface area contributed by atoms with Crippen molar-refractivity contribution in [1.82, 2.24) is 4.98 Å². The molecule has 2 amide bonds. The van der Waals surface area contributed by atoms with Crippen LogP contribution in [0.4, 0.5) is 20.2 Å². The third kappa shape index (κ3) is 4.46. The van der Waals surface area contributed by atoms with Crippen LogP contribution < -0.4 is 10.6 Å². The standard InChI is InChI=1S/C25H19F2N3O2/c1-2-24(31)28-17-10-7-15(8-11-17)23-14-19(18-5-3-4-6-21(18)29-23)25(32)30-22-12-9-16(26)13-20(22)27/h3-14H,2H2,1H3,(H,28,31)(H,30,32). The number of hydrogen-bond donors (Lipinski definition) is 2. The molecular formula is C25H19F2N3O2. The lowest BCUT2D eigenvalue weighted by molar-refractivity contribution is -0.115. The monoisotopic (exact) mass is 431 g/mol. The first-order valence-corrected chi connectivity index (χ1v) is 10.0. The number of aromatic nitrogens is 1. The molecule has 5 nitrogen and oxygen atoms in total. The zero-order valence-corrected chi connectivity index (χ0v) is 17.2. The lowest BCUT2D eigenvalue weighted by Crippen LogP contribution is -2.14. The van der Waals surface area contributed by atoms with Crippen LogP contribution in [-0.2, 0) is 4.79 Å². The number of benzene rings is 3. The Morgan fingerprint density at radius 2 is 1.66 bits per heavy atom. The van der Waals surface area contributed by atoms with Crippen LogP contribution >= 0.6 is 0 Å². The number of carbonyl (C=O) groups excluding carboxylic acids is 2. The zero-order valence-electron chi connectivity index (χ0n) is 17.2. The molecule has 2 N–H and O–H groups in total. The van der Waals surface area contributed by atoms with Gasteiger partial charge in [-0.15, -0.1) is 0 Å². The van der Waals surface area contributed by atoms with Gasteiger partial charge in [-0.25, -0.2) is 13.8 Å². The van der Waals surface area contributed by atoms with Crippen molar-refractivity contribution in [1.29, 1.82) is 0 Å². The SMILES string of the molecule is CCC(=O)Nc1ccc(-c2cc(C(=O)Nc3ccc(F)cc3F)c3ccccc3n2)cc1. The van der Waals surface area contributed by atoms with Crippen LogP contribution in [0.5, 0.6) is 0 Å². The van der Waals surface area contributed by atoms with Gasteiger partial charge in [0, 0.05) is 29.1 Å². The number of para-hydroxylation sites is 1. The Morgan fingerprint density at radius 1 is 0.906 bits per heavy atom. The van der Waals surface area contributed by atoms with E-state index in [1.54, 1.807) is 55.5 Å². The van der Waals surface area contributed by atoms with E-state index in [-0.39, 0.29) is 11.6 Å². The lowest BCUT2D eigenvalue weighted by Gasteiger charge is -2.12. The van der Waals surface area contributed by atoms with Crippen molar-refractivity contribution in [3.63, 3.8) is 0 Å². The summed E-state index contributed by atoms with van der Waals surface area (Å²) in [4.78, 5) is 29.2. The number of carbonyl (C=O) groups is 2. The Kier molecular flexibility index (Phi) is 5.89. The van der Waals surface area contributed by atoms with Gasteiger partial charge in [0.05, 0.1) is 22.5 Å². The summed E-state index contributed by atoms with van der Waals surface area (Å²) in [6, 6.07) is 18.8. The first kappa shape index (κ1) is 21.1. The van der Waals surface area contributed by atoms with Gasteiger partial charge in [-0.1, -0.05) is 37.3 Å². The molecule has 1 aromatic heterocycles. The molecule has 32 heavy (non-hydrogen) atoms. The van der Waals surface area contributed by atoms with Gasteiger partial charge in [0.2, 0.25) is 5.91 Å². The molecule has 0 aliphatic carbocycles. The number of amides is 2. The topological polar surface area (TPSA) is 71.1 Å². The minimum absolute atomic E-state index is 0.0893. The smallest absolute Gasteiger partial charge is 0.256 e. The molecule has 0 saturated heterocycles. The molecule has 0 aliphatic rings. The van der Waals surface area contributed by atoms with Gasteiger partial charge in [-0.05, 0) is 36.4 Å². The van der Waals surface area contributed by atoms with Gasteiger partial charge in [0.25, 0.3) is 5.91 Å². The highest BCUT2D eigenvalue weighted by Gasteiger charge is 2.16. The molecule has 0 bridgehead atoms. The minimum Gasteiger partial charge on any atom is -0.326 e. The van der Waals surface area contributed by atoms with Gasteiger partial charge in [0.1, 0.15) is 11.6 Å². The molecule has 4 aromatic rings. The molecule has 0 radical (unpaired) electrons. The number of halogens is 2. The summed E-state index contributed by atoms with van der Waals surface area (Å²) < 4.78 is 27.2. The van der Waals surface area contributed by atoms with Crippen molar-refractivity contribution in [3.8, 4) is 11.3 Å². The summed E-state index contributed by atoms with van der Waals surface area (Å²) in [5.41, 5.74) is 2.73. The highest BCUT2D eigenvalue weighted by Crippen LogP contribution is 2.27. The van der Waals surface area contributed by atoms with E-state index < -0.39 is 17.5 Å². The lowest BCUT2D eigenvalue weighted by atomic mass is 10.0. The van der Waals surface area contributed by atoms with Crippen LogP contribution in [0.2, 0.25) is 0 Å². The maximum Gasteiger partial charge on any atom is 0.256 e. The van der Waals surface area contributed by atoms with Crippen LogP contribution in [0, 0.1) is 11.6 Å². The summed E-state index contributed by atoms with van der Waals surface area (Å²) in [5.74, 6) is -2.21. The molecule has 0 unspecified atom stereocenters. The number of anilines is 2. The van der Waals surface area contributed by atoms with E-state index in [9.17, 15) is 18.4 Å². The van der Waals surface area contributed by atoms with Crippen molar-refractivity contribution in [3.05, 3.63) is 90.0 Å². The first-order chi connectivity index (χ1) is 15.4. The number of hydrogen-bond acceptors (Lipinski definition) is 3. The third-order valence-corrected chi connectivity index (χ3v) is 4.93. The fraction of sp³-hybridized carbons (Fsp3) is 0.0800. The molecule has 3 aromatic carbocycles. The quantitative estimate of drug-likeness (QED) is 0.421. The summed E-state index contributed by atoms with van der Waals surface area (Å²) in [6.45, 7) is 1.77. The highest BCUT2D eigenvalue weighted by molar-refractivity contribution is 6.13. The van der Waals surface area contributed by atoms with Gasteiger partial charge >= 0.3 is 0 Å². The molecule has 7 heteroatoms. The summed E-state index contributed by atoms with van der Waals surface area (Å²) in [7, 11) is 0. The predicted molar refractivity (Wildman–Crippen MR) is 120 cm³/mol. The Bertz CT molecular complexity index is 1320. The number of nitrogens with zero attached hydrogens (tertiary/aromatic N) is 1. The molecular weight excluding hydrogens is 412 g/mol. The minimum atomic E-state index is -0.860. The summed E-state index contributed by atoms with van der Waals surface area (Å²) in [5, 5.41) is 5.89. The summed E-state index contributed by atoms with van der Waals surface area (Å²) in [6.07, 6.45) is 0.376. The molecule has 4 rings (SSSR count). The Hall–Kier alpha value is -4.13. The average molecular weight is 431 g/mol. The van der Waals surface area contributed by atoms with Crippen molar-refractivity contribution in [2.24, 2.45) is 0 Å². The molecule has 0 aliphatic heterocycles. The Balaban J connectivity index is 1.71. The van der Waals surface area contributed by atoms with Gasteiger partial charge in [-0.3, -0.25) is 9.59 Å². The second kappa shape index (κ2) is 8.93. The van der Waals surface area contributed by atoms with E-state index in [1.807, 2.05) is 6.07 Å². The zero-order chi connectivity index (χ0) is 22.7. The Morgan fingerprint density at radius 3 is 2.38 bits per heavy atom. The largest absolute Gasteiger partial charge is 0.326 e. The van der Waals surface area contributed by atoms with E-state index in [1.165, 1.54) is 6.07 Å². The van der Waals surface area contributed by atoms with Crippen molar-refractivity contribution in [2.45, 2.75) is 13.3 Å². The van der Waals surface area contributed by atoms with Crippen LogP contribution in [0.15, 0.2) is 72.8 Å². The van der Waals surface area contributed by atoms with Crippen LogP contribution in [0.3, 0.4) is 0 Å². The normalized spacial score (nSPS) is 10.7. The van der Waals surface area contributed by atoms with Crippen LogP contribution in [0.1, 0.15) is 23.7 Å². The highest BCUT2D eigenvalue weighted by atomic mass is 19.1. The first-order valence-electron chi connectivity index (χ1n) is 10.0. The summed E-state index contributed by atoms with van der Waals surface area (Å²) >= 11 is 0. The number of nitrogens with one attached hydrogen (secondary N) is 2. The molecule has 1 heterocycles. The number of fused-ring (bicyclic) bond motifs is 1. The van der Waals surface area contributed by atoms with Crippen molar-refractivity contribution < 1.29 is 18.4 Å². The van der Waals surface area contributed by atoms with E-state index in [0.717, 1.165) is 11.6 Å².